The molecule has 0 bridgehead atoms. The van der Waals surface area contributed by atoms with E-state index < -0.39 is 5.82 Å². The molecule has 0 saturated carbocycles. The molecule has 5 heteroatoms. The summed E-state index contributed by atoms with van der Waals surface area (Å²) >= 11 is 0. The predicted molar refractivity (Wildman–Crippen MR) is 113 cm³/mol. The van der Waals surface area contributed by atoms with Crippen molar-refractivity contribution in [1.82, 2.24) is 4.98 Å². The lowest BCUT2D eigenvalue weighted by atomic mass is 10.0. The second-order valence-electron chi connectivity index (χ2n) is 6.46. The number of hydrogen-bond acceptors (Lipinski definition) is 3. The minimum atomic E-state index is -0.481. The van der Waals surface area contributed by atoms with Crippen molar-refractivity contribution in [2.24, 2.45) is 0 Å². The van der Waals surface area contributed by atoms with Gasteiger partial charge in [0, 0.05) is 10.9 Å². The van der Waals surface area contributed by atoms with Crippen LogP contribution in [0, 0.1) is 5.82 Å². The van der Waals surface area contributed by atoms with Gasteiger partial charge in [-0.1, -0.05) is 30.3 Å². The van der Waals surface area contributed by atoms with E-state index in [0.717, 1.165) is 11.3 Å². The van der Waals surface area contributed by atoms with Crippen molar-refractivity contribution in [3.05, 3.63) is 90.2 Å². The molecule has 0 aliphatic rings. The molecular formula is C24H19FN2O2. The summed E-state index contributed by atoms with van der Waals surface area (Å²) in [7, 11) is 0. The summed E-state index contributed by atoms with van der Waals surface area (Å²) in [6.45, 7) is 2.52. The summed E-state index contributed by atoms with van der Waals surface area (Å²) in [5.41, 5.74) is 2.78. The summed E-state index contributed by atoms with van der Waals surface area (Å²) in [5, 5.41) is 3.37. The summed E-state index contributed by atoms with van der Waals surface area (Å²) in [6.07, 6.45) is 0. The van der Waals surface area contributed by atoms with E-state index in [1.807, 2.05) is 55.5 Å². The Kier molecular flexibility index (Phi) is 5.20. The molecule has 0 spiro atoms. The highest BCUT2D eigenvalue weighted by Crippen LogP contribution is 2.27. The Bertz CT molecular complexity index is 1170. The zero-order chi connectivity index (χ0) is 20.2. The fourth-order valence-electron chi connectivity index (χ4n) is 3.15. The van der Waals surface area contributed by atoms with Gasteiger partial charge in [-0.05, 0) is 55.5 Å². The van der Waals surface area contributed by atoms with Gasteiger partial charge >= 0.3 is 0 Å². The normalized spacial score (nSPS) is 10.7. The fourth-order valence-corrected chi connectivity index (χ4v) is 3.15. The van der Waals surface area contributed by atoms with E-state index in [0.29, 0.717) is 28.8 Å². The number of amides is 1. The number of benzene rings is 3. The van der Waals surface area contributed by atoms with E-state index in [2.05, 4.69) is 5.32 Å². The standard InChI is InChI=1S/C24H19FN2O2/c1-2-29-17-13-11-16(12-14-17)23-15-19(18-7-3-5-9-21(18)26-23)24(28)27-22-10-6-4-8-20(22)25/h3-15H,2H2,1H3,(H,27,28). The second-order valence-corrected chi connectivity index (χ2v) is 6.46. The van der Waals surface area contributed by atoms with Crippen LogP contribution in [-0.4, -0.2) is 17.5 Å². The maximum Gasteiger partial charge on any atom is 0.256 e. The van der Waals surface area contributed by atoms with Crippen molar-refractivity contribution in [3.8, 4) is 17.0 Å². The van der Waals surface area contributed by atoms with Gasteiger partial charge in [-0.2, -0.15) is 0 Å². The molecule has 1 aromatic heterocycles. The van der Waals surface area contributed by atoms with Gasteiger partial charge < -0.3 is 10.1 Å². The van der Waals surface area contributed by atoms with Crippen molar-refractivity contribution >= 4 is 22.5 Å². The van der Waals surface area contributed by atoms with E-state index in [9.17, 15) is 9.18 Å². The Balaban J connectivity index is 1.76. The third-order valence-electron chi connectivity index (χ3n) is 4.54. The molecule has 0 aliphatic carbocycles. The maximum atomic E-state index is 14.0. The van der Waals surface area contributed by atoms with Crippen molar-refractivity contribution in [1.29, 1.82) is 0 Å². The van der Waals surface area contributed by atoms with E-state index in [1.165, 1.54) is 12.1 Å². The molecular weight excluding hydrogens is 367 g/mol. The molecule has 144 valence electrons. The van der Waals surface area contributed by atoms with Crippen molar-refractivity contribution < 1.29 is 13.9 Å². The Hall–Kier alpha value is -3.73. The summed E-state index contributed by atoms with van der Waals surface area (Å²) in [6, 6.07) is 22.8. The Morgan fingerprint density at radius 3 is 2.48 bits per heavy atom. The molecule has 0 radical (unpaired) electrons. The predicted octanol–water partition coefficient (Wildman–Crippen LogP) is 5.69. The number of carbonyl (C=O) groups is 1. The lowest BCUT2D eigenvalue weighted by Gasteiger charge is -2.11. The van der Waals surface area contributed by atoms with Crippen LogP contribution >= 0.6 is 0 Å². The van der Waals surface area contributed by atoms with Gasteiger partial charge in [0.25, 0.3) is 5.91 Å². The first-order valence-corrected chi connectivity index (χ1v) is 9.34. The molecule has 0 saturated heterocycles. The first-order chi connectivity index (χ1) is 14.2. The average molecular weight is 386 g/mol. The first-order valence-electron chi connectivity index (χ1n) is 9.34. The number of nitrogens with zero attached hydrogens (tertiary/aromatic N) is 1. The van der Waals surface area contributed by atoms with E-state index in [1.54, 1.807) is 18.2 Å². The van der Waals surface area contributed by atoms with Gasteiger partial charge in [0.05, 0.1) is 29.1 Å². The first kappa shape index (κ1) is 18.6. The highest BCUT2D eigenvalue weighted by molar-refractivity contribution is 6.13. The van der Waals surface area contributed by atoms with Crippen LogP contribution in [0.2, 0.25) is 0 Å². The fraction of sp³-hybridized carbons (Fsp3) is 0.0833. The Morgan fingerprint density at radius 1 is 1.00 bits per heavy atom. The third kappa shape index (κ3) is 3.94. The number of para-hydroxylation sites is 2. The van der Waals surface area contributed by atoms with Crippen LogP contribution in [0.5, 0.6) is 5.75 Å². The lowest BCUT2D eigenvalue weighted by Crippen LogP contribution is -2.14. The molecule has 3 aromatic carbocycles. The number of hydrogen-bond donors (Lipinski definition) is 1. The van der Waals surface area contributed by atoms with Crippen molar-refractivity contribution in [2.75, 3.05) is 11.9 Å². The minimum Gasteiger partial charge on any atom is -0.494 e. The van der Waals surface area contributed by atoms with Crippen molar-refractivity contribution in [2.45, 2.75) is 6.92 Å². The molecule has 4 rings (SSSR count). The summed E-state index contributed by atoms with van der Waals surface area (Å²) in [4.78, 5) is 17.7. The molecule has 29 heavy (non-hydrogen) atoms. The number of halogens is 1. The van der Waals surface area contributed by atoms with E-state index >= 15 is 0 Å². The number of carbonyl (C=O) groups excluding carboxylic acids is 1. The van der Waals surface area contributed by atoms with Gasteiger partial charge in [0.2, 0.25) is 0 Å². The number of pyridine rings is 1. The highest BCUT2D eigenvalue weighted by atomic mass is 19.1. The van der Waals surface area contributed by atoms with E-state index in [4.69, 9.17) is 9.72 Å². The van der Waals surface area contributed by atoms with Crippen LogP contribution in [0.25, 0.3) is 22.2 Å². The number of ether oxygens (including phenoxy) is 1. The number of fused-ring (bicyclic) bond motifs is 1. The van der Waals surface area contributed by atoms with Crippen LogP contribution in [-0.2, 0) is 0 Å². The van der Waals surface area contributed by atoms with Crippen LogP contribution in [0.15, 0.2) is 78.9 Å². The largest absolute Gasteiger partial charge is 0.494 e. The van der Waals surface area contributed by atoms with Crippen LogP contribution < -0.4 is 10.1 Å². The average Bonchev–Trinajstić information content (AvgIpc) is 2.75. The number of aromatic nitrogens is 1. The van der Waals surface area contributed by atoms with Crippen LogP contribution in [0.1, 0.15) is 17.3 Å². The van der Waals surface area contributed by atoms with Gasteiger partial charge in [-0.15, -0.1) is 0 Å². The smallest absolute Gasteiger partial charge is 0.256 e. The monoisotopic (exact) mass is 386 g/mol. The van der Waals surface area contributed by atoms with Gasteiger partial charge in [0.15, 0.2) is 0 Å². The minimum absolute atomic E-state index is 0.140. The molecule has 0 unspecified atom stereocenters. The molecule has 0 atom stereocenters. The number of anilines is 1. The number of nitrogens with one attached hydrogen (secondary N) is 1. The van der Waals surface area contributed by atoms with Gasteiger partial charge in [0.1, 0.15) is 11.6 Å². The molecule has 1 heterocycles. The van der Waals surface area contributed by atoms with Crippen LogP contribution in [0.4, 0.5) is 10.1 Å². The third-order valence-corrected chi connectivity index (χ3v) is 4.54. The molecule has 1 amide bonds. The SMILES string of the molecule is CCOc1ccc(-c2cc(C(=O)Nc3ccccc3F)c3ccccc3n2)cc1. The van der Waals surface area contributed by atoms with Gasteiger partial charge in [-0.3, -0.25) is 4.79 Å². The quantitative estimate of drug-likeness (QED) is 0.479. The van der Waals surface area contributed by atoms with Crippen LogP contribution in [0.3, 0.4) is 0 Å². The lowest BCUT2D eigenvalue weighted by molar-refractivity contribution is 0.102. The van der Waals surface area contributed by atoms with Gasteiger partial charge in [-0.25, -0.2) is 9.37 Å². The molecule has 4 aromatic rings. The Labute approximate surface area is 168 Å². The van der Waals surface area contributed by atoms with E-state index in [-0.39, 0.29) is 11.6 Å². The zero-order valence-corrected chi connectivity index (χ0v) is 15.9. The summed E-state index contributed by atoms with van der Waals surface area (Å²) in [5.74, 6) is -0.0959. The summed E-state index contributed by atoms with van der Waals surface area (Å²) < 4.78 is 19.5. The molecule has 0 fully saturated rings. The molecule has 0 aliphatic heterocycles. The molecule has 4 nitrogen and oxygen atoms in total. The Morgan fingerprint density at radius 2 is 1.72 bits per heavy atom. The second kappa shape index (κ2) is 8.10. The maximum absolute atomic E-state index is 14.0. The highest BCUT2D eigenvalue weighted by Gasteiger charge is 2.15. The topological polar surface area (TPSA) is 51.2 Å². The zero-order valence-electron chi connectivity index (χ0n) is 15.9. The number of rotatable bonds is 5. The molecule has 1 N–H and O–H groups in total. The van der Waals surface area contributed by atoms with Crippen molar-refractivity contribution in [3.63, 3.8) is 0 Å².